The van der Waals surface area contributed by atoms with Crippen LogP contribution in [0.3, 0.4) is 0 Å². The van der Waals surface area contributed by atoms with Crippen molar-refractivity contribution < 1.29 is 13.9 Å². The van der Waals surface area contributed by atoms with Crippen LogP contribution in [0.25, 0.3) is 0 Å². The van der Waals surface area contributed by atoms with Crippen LogP contribution in [0.5, 0.6) is 0 Å². The van der Waals surface area contributed by atoms with Crippen molar-refractivity contribution in [2.75, 3.05) is 5.73 Å². The van der Waals surface area contributed by atoms with Crippen molar-refractivity contribution in [1.82, 2.24) is 0 Å². The lowest BCUT2D eigenvalue weighted by Gasteiger charge is -2.07. The molecule has 0 aliphatic heterocycles. The second-order valence-electron chi connectivity index (χ2n) is 4.28. The number of carbonyl (C=O) groups is 1. The third-order valence-electron chi connectivity index (χ3n) is 2.68. The third-order valence-corrected chi connectivity index (χ3v) is 2.90. The van der Waals surface area contributed by atoms with Gasteiger partial charge < -0.3 is 10.5 Å². The quantitative estimate of drug-likeness (QED) is 0.697. The van der Waals surface area contributed by atoms with Gasteiger partial charge in [0.05, 0.1) is 11.1 Å². The first-order chi connectivity index (χ1) is 9.99. The molecule has 0 saturated heterocycles. The van der Waals surface area contributed by atoms with Gasteiger partial charge in [0.15, 0.2) is 0 Å². The molecule has 2 rings (SSSR count). The van der Waals surface area contributed by atoms with Crippen molar-refractivity contribution in [3.8, 4) is 6.07 Å². The second kappa shape index (κ2) is 6.25. The average Bonchev–Trinajstić information content (AvgIpc) is 2.45. The maximum Gasteiger partial charge on any atom is 0.338 e. The lowest BCUT2D eigenvalue weighted by Crippen LogP contribution is -2.06. The van der Waals surface area contributed by atoms with Gasteiger partial charge in [-0.3, -0.25) is 0 Å². The Hall–Kier alpha value is -2.58. The van der Waals surface area contributed by atoms with E-state index in [1.807, 2.05) is 0 Å². The van der Waals surface area contributed by atoms with Crippen molar-refractivity contribution in [3.05, 3.63) is 63.9 Å². The van der Waals surface area contributed by atoms with E-state index in [0.29, 0.717) is 16.3 Å². The first kappa shape index (κ1) is 14.8. The van der Waals surface area contributed by atoms with Crippen LogP contribution in [-0.2, 0) is 11.3 Å². The summed E-state index contributed by atoms with van der Waals surface area (Å²) in [6.45, 7) is -0.0831. The summed E-state index contributed by atoms with van der Waals surface area (Å²) in [6.07, 6.45) is 0. The van der Waals surface area contributed by atoms with Gasteiger partial charge in [-0.15, -0.1) is 0 Å². The summed E-state index contributed by atoms with van der Waals surface area (Å²) >= 11 is 5.80. The Balaban J connectivity index is 2.09. The van der Waals surface area contributed by atoms with Crippen molar-refractivity contribution in [2.45, 2.75) is 6.61 Å². The number of carbonyl (C=O) groups excluding carboxylic acids is 1. The number of nitrogens with zero attached hydrogens (tertiary/aromatic N) is 1. The van der Waals surface area contributed by atoms with Gasteiger partial charge in [-0.05, 0) is 35.9 Å². The summed E-state index contributed by atoms with van der Waals surface area (Å²) in [5.41, 5.74) is 6.57. The molecule has 0 unspecified atom stereocenters. The maximum atomic E-state index is 13.2. The van der Waals surface area contributed by atoms with E-state index in [-0.39, 0.29) is 17.7 Å². The molecule has 21 heavy (non-hydrogen) atoms. The minimum Gasteiger partial charge on any atom is -0.457 e. The lowest BCUT2D eigenvalue weighted by atomic mass is 10.1. The molecule has 0 bridgehead atoms. The van der Waals surface area contributed by atoms with E-state index in [0.717, 1.165) is 6.07 Å². The number of rotatable bonds is 3. The summed E-state index contributed by atoms with van der Waals surface area (Å²) in [6, 6.07) is 10.0. The van der Waals surface area contributed by atoms with Crippen molar-refractivity contribution in [2.24, 2.45) is 0 Å². The van der Waals surface area contributed by atoms with Crippen molar-refractivity contribution in [1.29, 1.82) is 5.26 Å². The van der Waals surface area contributed by atoms with Gasteiger partial charge in [-0.2, -0.15) is 5.26 Å². The molecule has 2 aromatic rings. The van der Waals surface area contributed by atoms with Crippen LogP contribution in [0.2, 0.25) is 5.02 Å². The standard InChI is InChI=1S/C15H10ClFN2O2/c16-12-4-10(5-13(19)6-12)15(20)21-8-9-1-2-14(17)11(3-9)7-18/h1-6H,8,19H2. The summed E-state index contributed by atoms with van der Waals surface area (Å²) in [4.78, 5) is 11.9. The van der Waals surface area contributed by atoms with Crippen LogP contribution in [-0.4, -0.2) is 5.97 Å². The zero-order valence-electron chi connectivity index (χ0n) is 10.8. The molecule has 0 atom stereocenters. The van der Waals surface area contributed by atoms with Gasteiger partial charge in [0, 0.05) is 10.7 Å². The first-order valence-corrected chi connectivity index (χ1v) is 6.29. The fourth-order valence-electron chi connectivity index (χ4n) is 1.71. The zero-order chi connectivity index (χ0) is 15.4. The summed E-state index contributed by atoms with van der Waals surface area (Å²) in [7, 11) is 0. The lowest BCUT2D eigenvalue weighted by molar-refractivity contribution is 0.0472. The molecule has 0 amide bonds. The van der Waals surface area contributed by atoms with Crippen LogP contribution in [0.1, 0.15) is 21.5 Å². The van der Waals surface area contributed by atoms with E-state index < -0.39 is 11.8 Å². The van der Waals surface area contributed by atoms with E-state index in [9.17, 15) is 9.18 Å². The number of nitriles is 1. The summed E-state index contributed by atoms with van der Waals surface area (Å²) < 4.78 is 18.2. The Morgan fingerprint density at radius 2 is 2.10 bits per heavy atom. The molecule has 0 aliphatic rings. The van der Waals surface area contributed by atoms with E-state index in [1.54, 1.807) is 6.07 Å². The highest BCUT2D eigenvalue weighted by Gasteiger charge is 2.10. The largest absolute Gasteiger partial charge is 0.457 e. The number of hydrogen-bond acceptors (Lipinski definition) is 4. The summed E-state index contributed by atoms with van der Waals surface area (Å²) in [5.74, 6) is -1.22. The van der Waals surface area contributed by atoms with E-state index >= 15 is 0 Å². The van der Waals surface area contributed by atoms with E-state index in [2.05, 4.69) is 0 Å². The molecule has 106 valence electrons. The minimum atomic E-state index is -0.616. The summed E-state index contributed by atoms with van der Waals surface area (Å²) in [5, 5.41) is 9.06. The molecular weight excluding hydrogens is 295 g/mol. The molecule has 2 N–H and O–H groups in total. The molecule has 0 spiro atoms. The predicted octanol–water partition coefficient (Wildman–Crippen LogP) is 3.29. The Morgan fingerprint density at radius 3 is 2.76 bits per heavy atom. The molecule has 0 radical (unpaired) electrons. The second-order valence-corrected chi connectivity index (χ2v) is 4.71. The zero-order valence-corrected chi connectivity index (χ0v) is 11.5. The molecule has 0 fully saturated rings. The number of hydrogen-bond donors (Lipinski definition) is 1. The molecule has 2 aromatic carbocycles. The molecule has 0 aliphatic carbocycles. The number of ether oxygens (including phenoxy) is 1. The SMILES string of the molecule is N#Cc1cc(COC(=O)c2cc(N)cc(Cl)c2)ccc1F. The average molecular weight is 305 g/mol. The Labute approximate surface area is 125 Å². The van der Waals surface area contributed by atoms with Crippen LogP contribution in [0.4, 0.5) is 10.1 Å². The molecule has 6 heteroatoms. The van der Waals surface area contributed by atoms with Crippen LogP contribution >= 0.6 is 11.6 Å². The van der Waals surface area contributed by atoms with E-state index in [4.69, 9.17) is 27.3 Å². The predicted molar refractivity (Wildman–Crippen MR) is 76.1 cm³/mol. The molecular formula is C15H10ClFN2O2. The van der Waals surface area contributed by atoms with Gasteiger partial charge in [0.25, 0.3) is 0 Å². The highest BCUT2D eigenvalue weighted by atomic mass is 35.5. The highest BCUT2D eigenvalue weighted by Crippen LogP contribution is 2.18. The monoisotopic (exact) mass is 304 g/mol. The Kier molecular flexibility index (Phi) is 4.41. The topological polar surface area (TPSA) is 76.1 Å². The molecule has 0 saturated carbocycles. The van der Waals surface area contributed by atoms with Crippen molar-refractivity contribution >= 4 is 23.3 Å². The Morgan fingerprint density at radius 1 is 1.33 bits per heavy atom. The van der Waals surface area contributed by atoms with Crippen molar-refractivity contribution in [3.63, 3.8) is 0 Å². The fraction of sp³-hybridized carbons (Fsp3) is 0.0667. The van der Waals surface area contributed by atoms with Gasteiger partial charge in [0.1, 0.15) is 18.5 Å². The Bertz CT molecular complexity index is 721. The fourth-order valence-corrected chi connectivity index (χ4v) is 1.95. The molecule has 0 heterocycles. The smallest absolute Gasteiger partial charge is 0.338 e. The van der Waals surface area contributed by atoms with Gasteiger partial charge >= 0.3 is 5.97 Å². The third kappa shape index (κ3) is 3.71. The number of benzene rings is 2. The number of nitrogens with two attached hydrogens (primary N) is 1. The van der Waals surface area contributed by atoms with E-state index in [1.165, 1.54) is 30.3 Å². The number of halogens is 2. The maximum absolute atomic E-state index is 13.2. The van der Waals surface area contributed by atoms with Gasteiger partial charge in [0.2, 0.25) is 0 Å². The minimum absolute atomic E-state index is 0.0831. The number of anilines is 1. The number of nitrogen functional groups attached to an aromatic ring is 1. The van der Waals surface area contributed by atoms with Gasteiger partial charge in [-0.25, -0.2) is 9.18 Å². The first-order valence-electron chi connectivity index (χ1n) is 5.91. The van der Waals surface area contributed by atoms with Crippen LogP contribution < -0.4 is 5.73 Å². The normalized spacial score (nSPS) is 9.95. The van der Waals surface area contributed by atoms with Crippen LogP contribution in [0, 0.1) is 17.1 Å². The van der Waals surface area contributed by atoms with Crippen LogP contribution in [0.15, 0.2) is 36.4 Å². The number of esters is 1. The molecule has 4 nitrogen and oxygen atoms in total. The van der Waals surface area contributed by atoms with Gasteiger partial charge in [-0.1, -0.05) is 17.7 Å². The highest BCUT2D eigenvalue weighted by molar-refractivity contribution is 6.31. The molecule has 0 aromatic heterocycles.